The van der Waals surface area contributed by atoms with Gasteiger partial charge in [-0.15, -0.1) is 0 Å². The molecule has 5 aliphatic carbocycles. The fourth-order valence-electron chi connectivity index (χ4n) is 9.42. The van der Waals surface area contributed by atoms with Crippen molar-refractivity contribution in [2.24, 2.45) is 39.9 Å². The van der Waals surface area contributed by atoms with Crippen LogP contribution in [0.5, 0.6) is 0 Å². The van der Waals surface area contributed by atoms with Gasteiger partial charge in [0, 0.05) is 31.3 Å². The number of carbonyl (C=O) groups is 2. The molecule has 0 N–H and O–H groups in total. The van der Waals surface area contributed by atoms with Gasteiger partial charge >= 0.3 is 0 Å². The maximum absolute atomic E-state index is 13.6. The van der Waals surface area contributed by atoms with E-state index in [1.807, 2.05) is 0 Å². The number of hydrogen-bond donors (Lipinski definition) is 0. The summed E-state index contributed by atoms with van der Waals surface area (Å²) in [6, 6.07) is 0.408. The van der Waals surface area contributed by atoms with E-state index < -0.39 is 0 Å². The van der Waals surface area contributed by atoms with Gasteiger partial charge in [0.05, 0.1) is 5.41 Å². The average Bonchev–Trinajstić information content (AvgIpc) is 3.12. The van der Waals surface area contributed by atoms with Gasteiger partial charge in [0.25, 0.3) is 0 Å². The first-order valence-electron chi connectivity index (χ1n) is 10.4. The molecule has 6 fully saturated rings. The molecule has 3 nitrogen and oxygen atoms in total. The second kappa shape index (κ2) is 4.13. The molecular weight excluding hydrogens is 310 g/mol. The van der Waals surface area contributed by atoms with Crippen LogP contribution in [0, 0.1) is 39.9 Å². The minimum absolute atomic E-state index is 0.104. The third kappa shape index (κ3) is 1.32. The van der Waals surface area contributed by atoms with E-state index in [9.17, 15) is 9.59 Å². The first kappa shape index (κ1) is 15.1. The number of rotatable bonds is 1. The molecule has 6 aliphatic rings. The summed E-state index contributed by atoms with van der Waals surface area (Å²) >= 11 is 0. The summed E-state index contributed by atoms with van der Waals surface area (Å²) < 4.78 is 0. The maximum atomic E-state index is 13.6. The van der Waals surface area contributed by atoms with Crippen LogP contribution in [0.2, 0.25) is 0 Å². The molecule has 2 spiro atoms. The van der Waals surface area contributed by atoms with Gasteiger partial charge in [0.15, 0.2) is 0 Å². The van der Waals surface area contributed by atoms with Gasteiger partial charge in [-0.25, -0.2) is 0 Å². The van der Waals surface area contributed by atoms with E-state index in [4.69, 9.17) is 0 Å². The molecule has 0 aromatic heterocycles. The maximum Gasteiger partial charge on any atom is 0.141 e. The van der Waals surface area contributed by atoms with Crippen LogP contribution in [0.3, 0.4) is 0 Å². The van der Waals surface area contributed by atoms with Crippen molar-refractivity contribution in [1.82, 2.24) is 4.90 Å². The summed E-state index contributed by atoms with van der Waals surface area (Å²) in [6.07, 6.45) is 5.72. The number of likely N-dealkylation sites (tertiary alicyclic amines) is 1. The van der Waals surface area contributed by atoms with Gasteiger partial charge in [-0.1, -0.05) is 26.0 Å². The van der Waals surface area contributed by atoms with Crippen LogP contribution in [0.25, 0.3) is 0 Å². The largest absolute Gasteiger partial charge is 0.299 e. The summed E-state index contributed by atoms with van der Waals surface area (Å²) in [5.41, 5.74) is 1.45. The molecule has 3 heteroatoms. The van der Waals surface area contributed by atoms with Crippen LogP contribution in [-0.2, 0) is 9.59 Å². The van der Waals surface area contributed by atoms with E-state index in [0.29, 0.717) is 41.8 Å². The lowest BCUT2D eigenvalue weighted by Gasteiger charge is -2.62. The Hall–Kier alpha value is -0.960. The summed E-state index contributed by atoms with van der Waals surface area (Å²) in [7, 11) is 0. The van der Waals surface area contributed by atoms with Gasteiger partial charge in [-0.2, -0.15) is 0 Å². The number of hydrogen-bond acceptors (Lipinski definition) is 3. The van der Waals surface area contributed by atoms with Gasteiger partial charge in [-0.3, -0.25) is 14.5 Å². The minimum Gasteiger partial charge on any atom is -0.299 e. The van der Waals surface area contributed by atoms with E-state index in [-0.39, 0.29) is 22.2 Å². The van der Waals surface area contributed by atoms with Gasteiger partial charge in [0.2, 0.25) is 0 Å². The molecular formula is C22H29NO2. The highest BCUT2D eigenvalue weighted by molar-refractivity contribution is 5.93. The standard InChI is InChI=1S/C22H29NO2/c1-4-23-11-20(3)6-5-18(25)22-16(20)7-14(19(22)23)21-9-12(2)13(10-21)15(24)8-17(21)22/h13-14,16-17,19H,2,4-11H2,1,3H3/t13?,14-,16+,17?,19?,20-,21+,22?/m0/s1. The third-order valence-electron chi connectivity index (χ3n) is 9.98. The van der Waals surface area contributed by atoms with E-state index in [0.717, 1.165) is 38.8 Å². The molecule has 0 radical (unpaired) electrons. The van der Waals surface area contributed by atoms with Crippen molar-refractivity contribution in [1.29, 1.82) is 0 Å². The smallest absolute Gasteiger partial charge is 0.141 e. The van der Waals surface area contributed by atoms with Crippen LogP contribution in [0.4, 0.5) is 0 Å². The molecule has 7 bridgehead atoms. The van der Waals surface area contributed by atoms with Crippen LogP contribution in [-0.4, -0.2) is 35.6 Å². The number of nitrogens with zero attached hydrogens (tertiary/aromatic N) is 1. The van der Waals surface area contributed by atoms with E-state index in [1.54, 1.807) is 0 Å². The molecule has 1 aliphatic heterocycles. The van der Waals surface area contributed by atoms with Crippen molar-refractivity contribution in [3.05, 3.63) is 12.2 Å². The topological polar surface area (TPSA) is 37.4 Å². The summed E-state index contributed by atoms with van der Waals surface area (Å²) in [5, 5.41) is 0. The SMILES string of the molecule is C=C1C[C@]23CC1C(=O)CC2C12C(=O)CC[C@@]4(C)CN(CC)C1[C@@H]3C[C@@H]24. The van der Waals surface area contributed by atoms with E-state index in [2.05, 4.69) is 25.3 Å². The lowest BCUT2D eigenvalue weighted by atomic mass is 9.44. The normalized spacial score (nSPS) is 58.8. The van der Waals surface area contributed by atoms with Crippen molar-refractivity contribution in [3.8, 4) is 0 Å². The zero-order chi connectivity index (χ0) is 17.4. The number of carbonyl (C=O) groups excluding carboxylic acids is 2. The summed E-state index contributed by atoms with van der Waals surface area (Å²) in [4.78, 5) is 29.2. The number of ketones is 2. The Labute approximate surface area is 150 Å². The predicted molar refractivity (Wildman–Crippen MR) is 94.8 cm³/mol. The molecule has 1 saturated heterocycles. The summed E-state index contributed by atoms with van der Waals surface area (Å²) in [5.74, 6) is 2.46. The third-order valence-corrected chi connectivity index (χ3v) is 9.98. The predicted octanol–water partition coefficient (Wildman–Crippen LogP) is 3.24. The van der Waals surface area contributed by atoms with Crippen molar-refractivity contribution >= 4 is 11.6 Å². The molecule has 0 amide bonds. The summed E-state index contributed by atoms with van der Waals surface area (Å²) in [6.45, 7) is 11.2. The van der Waals surface area contributed by atoms with Crippen molar-refractivity contribution in [2.45, 2.75) is 58.4 Å². The Morgan fingerprint density at radius 3 is 2.84 bits per heavy atom. The zero-order valence-corrected chi connectivity index (χ0v) is 15.5. The van der Waals surface area contributed by atoms with Crippen LogP contribution in [0.1, 0.15) is 52.4 Å². The monoisotopic (exact) mass is 339 g/mol. The molecule has 134 valence electrons. The lowest BCUT2D eigenvalue weighted by molar-refractivity contribution is -0.174. The zero-order valence-electron chi connectivity index (χ0n) is 15.5. The Balaban J connectivity index is 1.61. The molecule has 4 unspecified atom stereocenters. The number of Topliss-reactive ketones (excluding diaryl/α,β-unsaturated/α-hetero) is 2. The highest BCUT2D eigenvalue weighted by Gasteiger charge is 2.83. The second-order valence-corrected chi connectivity index (χ2v) is 10.5. The number of piperidine rings is 1. The number of fused-ring (bicyclic) bond motifs is 1. The van der Waals surface area contributed by atoms with Crippen molar-refractivity contribution in [2.75, 3.05) is 13.1 Å². The van der Waals surface area contributed by atoms with Crippen molar-refractivity contribution < 1.29 is 9.59 Å². The molecule has 8 atom stereocenters. The van der Waals surface area contributed by atoms with Crippen LogP contribution in [0.15, 0.2) is 12.2 Å². The van der Waals surface area contributed by atoms with Crippen LogP contribution >= 0.6 is 0 Å². The lowest BCUT2D eigenvalue weighted by Crippen LogP contribution is -2.67. The quantitative estimate of drug-likeness (QED) is 0.688. The minimum atomic E-state index is -0.211. The Bertz CT molecular complexity index is 742. The Morgan fingerprint density at radius 2 is 2.08 bits per heavy atom. The van der Waals surface area contributed by atoms with Gasteiger partial charge < -0.3 is 0 Å². The fraction of sp³-hybridized carbons (Fsp3) is 0.818. The molecule has 5 saturated carbocycles. The average molecular weight is 339 g/mol. The van der Waals surface area contributed by atoms with Crippen LogP contribution < -0.4 is 0 Å². The second-order valence-electron chi connectivity index (χ2n) is 10.5. The Morgan fingerprint density at radius 1 is 1.28 bits per heavy atom. The Kier molecular flexibility index (Phi) is 2.50. The van der Waals surface area contributed by atoms with E-state index >= 15 is 0 Å². The van der Waals surface area contributed by atoms with Gasteiger partial charge in [0.1, 0.15) is 11.6 Å². The highest BCUT2D eigenvalue weighted by Crippen LogP contribution is 2.82. The molecule has 0 aromatic rings. The number of allylic oxidation sites excluding steroid dienone is 1. The highest BCUT2D eigenvalue weighted by atomic mass is 16.1. The van der Waals surface area contributed by atoms with E-state index in [1.165, 1.54) is 12.0 Å². The molecule has 25 heavy (non-hydrogen) atoms. The first-order valence-corrected chi connectivity index (χ1v) is 10.4. The van der Waals surface area contributed by atoms with Crippen molar-refractivity contribution in [3.63, 3.8) is 0 Å². The molecule has 6 rings (SSSR count). The first-order chi connectivity index (χ1) is 11.9. The van der Waals surface area contributed by atoms with Gasteiger partial charge in [-0.05, 0) is 60.8 Å². The molecule has 0 aromatic carbocycles. The fourth-order valence-corrected chi connectivity index (χ4v) is 9.42. The molecule has 1 heterocycles.